The molecule has 0 spiro atoms. The van der Waals surface area contributed by atoms with Gasteiger partial charge in [-0.05, 0) is 0 Å². The van der Waals surface area contributed by atoms with Crippen molar-refractivity contribution in [2.45, 2.75) is 19.6 Å². The van der Waals surface area contributed by atoms with E-state index in [1.54, 1.807) is 5.70 Å². The van der Waals surface area contributed by atoms with Gasteiger partial charge in [0.25, 0.3) is 0 Å². The van der Waals surface area contributed by atoms with Crippen LogP contribution < -0.4 is 0 Å². The van der Waals surface area contributed by atoms with Crippen molar-refractivity contribution < 1.29 is 19.1 Å². The molecule has 0 aromatic rings. The highest BCUT2D eigenvalue weighted by molar-refractivity contribution is 6.82. The molecule has 0 bridgehead atoms. The van der Waals surface area contributed by atoms with Gasteiger partial charge in [-0.2, -0.15) is 0 Å². The van der Waals surface area contributed by atoms with Gasteiger partial charge in [-0.1, -0.05) is 25.3 Å². The van der Waals surface area contributed by atoms with Crippen LogP contribution in [-0.2, 0) is 19.1 Å². The Hall–Kier alpha value is -1.36. The van der Waals surface area contributed by atoms with E-state index in [0.717, 1.165) is 0 Å². The number of methoxy groups -OCH3 is 2. The standard InChI is InChI=1S/C11H16O4Si/c1-14-10-8(12)7(6-16(3,4)5)9(13)11(10)15-2/h6H,1-5H3. The minimum absolute atomic E-state index is 0.0111. The van der Waals surface area contributed by atoms with Crippen molar-refractivity contribution in [3.05, 3.63) is 22.8 Å². The molecule has 0 unspecified atom stereocenters. The van der Waals surface area contributed by atoms with Crippen molar-refractivity contribution in [2.75, 3.05) is 14.2 Å². The molecule has 0 aromatic carbocycles. The van der Waals surface area contributed by atoms with E-state index in [4.69, 9.17) is 9.47 Å². The number of hydrogen-bond acceptors (Lipinski definition) is 4. The maximum Gasteiger partial charge on any atom is 0.234 e. The van der Waals surface area contributed by atoms with Crippen molar-refractivity contribution in [3.8, 4) is 0 Å². The zero-order valence-corrected chi connectivity index (χ0v) is 11.2. The minimum Gasteiger partial charge on any atom is -0.489 e. The van der Waals surface area contributed by atoms with E-state index in [2.05, 4.69) is 19.6 Å². The van der Waals surface area contributed by atoms with Crippen LogP contribution in [0.25, 0.3) is 0 Å². The maximum absolute atomic E-state index is 11.9. The normalized spacial score (nSPS) is 16.9. The summed E-state index contributed by atoms with van der Waals surface area (Å²) >= 11 is 0. The van der Waals surface area contributed by atoms with Crippen LogP contribution in [0.3, 0.4) is 0 Å². The lowest BCUT2D eigenvalue weighted by molar-refractivity contribution is -0.117. The van der Waals surface area contributed by atoms with Crippen molar-refractivity contribution in [2.24, 2.45) is 0 Å². The molecule has 1 aliphatic carbocycles. The number of ketones is 2. The van der Waals surface area contributed by atoms with Gasteiger partial charge in [-0.3, -0.25) is 9.59 Å². The molecule has 5 heteroatoms. The van der Waals surface area contributed by atoms with Gasteiger partial charge in [0.2, 0.25) is 23.1 Å². The molecule has 0 N–H and O–H groups in total. The van der Waals surface area contributed by atoms with Crippen LogP contribution in [0.1, 0.15) is 0 Å². The van der Waals surface area contributed by atoms with Crippen molar-refractivity contribution in [1.29, 1.82) is 0 Å². The predicted molar refractivity (Wildman–Crippen MR) is 62.5 cm³/mol. The Balaban J connectivity index is 3.21. The molecule has 0 radical (unpaired) electrons. The maximum atomic E-state index is 11.9. The summed E-state index contributed by atoms with van der Waals surface area (Å²) in [6, 6.07) is 0. The average molecular weight is 240 g/mol. The summed E-state index contributed by atoms with van der Waals surface area (Å²) < 4.78 is 9.80. The zero-order chi connectivity index (χ0) is 12.5. The van der Waals surface area contributed by atoms with Gasteiger partial charge in [0, 0.05) is 0 Å². The van der Waals surface area contributed by atoms with Gasteiger partial charge in [0.15, 0.2) is 0 Å². The van der Waals surface area contributed by atoms with Gasteiger partial charge >= 0.3 is 0 Å². The number of hydrogen-bond donors (Lipinski definition) is 0. The smallest absolute Gasteiger partial charge is 0.234 e. The first-order chi connectivity index (χ1) is 7.31. The lowest BCUT2D eigenvalue weighted by Gasteiger charge is -2.09. The van der Waals surface area contributed by atoms with Crippen molar-refractivity contribution in [3.63, 3.8) is 0 Å². The third-order valence-electron chi connectivity index (χ3n) is 2.09. The molecular weight excluding hydrogens is 224 g/mol. The first kappa shape index (κ1) is 12.7. The third kappa shape index (κ3) is 2.24. The van der Waals surface area contributed by atoms with Gasteiger partial charge in [-0.25, -0.2) is 0 Å². The van der Waals surface area contributed by atoms with E-state index < -0.39 is 8.07 Å². The van der Waals surface area contributed by atoms with E-state index in [-0.39, 0.29) is 28.7 Å². The molecule has 88 valence electrons. The van der Waals surface area contributed by atoms with E-state index >= 15 is 0 Å². The fourth-order valence-electron chi connectivity index (χ4n) is 1.49. The van der Waals surface area contributed by atoms with Crippen LogP contribution in [0.5, 0.6) is 0 Å². The van der Waals surface area contributed by atoms with Crippen LogP contribution in [-0.4, -0.2) is 33.9 Å². The summed E-state index contributed by atoms with van der Waals surface area (Å²) in [5, 5.41) is 0. The lowest BCUT2D eigenvalue weighted by Crippen LogP contribution is -2.20. The summed E-state index contributed by atoms with van der Waals surface area (Å²) in [5.41, 5.74) is 1.97. The fourth-order valence-corrected chi connectivity index (χ4v) is 2.62. The Bertz CT molecular complexity index is 371. The second-order valence-electron chi connectivity index (χ2n) is 4.65. The molecule has 0 saturated carbocycles. The Morgan fingerprint density at radius 3 is 1.56 bits per heavy atom. The van der Waals surface area contributed by atoms with Crippen LogP contribution in [0.15, 0.2) is 22.8 Å². The Labute approximate surface area is 95.9 Å². The van der Waals surface area contributed by atoms with Gasteiger partial charge < -0.3 is 9.47 Å². The quantitative estimate of drug-likeness (QED) is 0.425. The highest BCUT2D eigenvalue weighted by Crippen LogP contribution is 2.26. The fraction of sp³-hybridized carbons (Fsp3) is 0.455. The highest BCUT2D eigenvalue weighted by Gasteiger charge is 2.39. The molecule has 0 amide bonds. The topological polar surface area (TPSA) is 52.6 Å². The second kappa shape index (κ2) is 4.25. The number of carbonyl (C=O) groups excluding carboxylic acids is 2. The molecule has 1 rings (SSSR count). The number of allylic oxidation sites excluding steroid dienone is 2. The molecule has 4 nitrogen and oxygen atoms in total. The van der Waals surface area contributed by atoms with Crippen molar-refractivity contribution >= 4 is 19.6 Å². The molecule has 16 heavy (non-hydrogen) atoms. The molecule has 0 aromatic heterocycles. The first-order valence-electron chi connectivity index (χ1n) is 4.96. The summed E-state index contributed by atoms with van der Waals surface area (Å²) in [4.78, 5) is 23.7. The third-order valence-corrected chi connectivity index (χ3v) is 3.25. The average Bonchev–Trinajstić information content (AvgIpc) is 2.39. The molecule has 1 aliphatic rings. The SMILES string of the molecule is COC1=C(OC)C(=O)C(=C[Si](C)(C)C)C1=O. The Kier molecular flexibility index (Phi) is 3.37. The monoisotopic (exact) mass is 240 g/mol. The molecule has 0 saturated heterocycles. The zero-order valence-electron chi connectivity index (χ0n) is 10.2. The summed E-state index contributed by atoms with van der Waals surface area (Å²) in [6.07, 6.45) is 0. The summed E-state index contributed by atoms with van der Waals surface area (Å²) in [5.74, 6) is -0.715. The van der Waals surface area contributed by atoms with Crippen molar-refractivity contribution in [1.82, 2.24) is 0 Å². The van der Waals surface area contributed by atoms with Gasteiger partial charge in [0.1, 0.15) is 0 Å². The molecule has 0 heterocycles. The van der Waals surface area contributed by atoms with E-state index in [1.807, 2.05) is 0 Å². The molecule has 0 atom stereocenters. The first-order valence-corrected chi connectivity index (χ1v) is 8.54. The van der Waals surface area contributed by atoms with Crippen LogP contribution in [0.2, 0.25) is 19.6 Å². The second-order valence-corrected chi connectivity index (χ2v) is 9.67. The predicted octanol–water partition coefficient (Wildman–Crippen LogP) is 1.45. The number of ether oxygens (including phenoxy) is 2. The number of carbonyl (C=O) groups is 2. The van der Waals surface area contributed by atoms with Gasteiger partial charge in [-0.15, -0.1) is 0 Å². The lowest BCUT2D eigenvalue weighted by atomic mass is 10.2. The Morgan fingerprint density at radius 1 is 0.938 bits per heavy atom. The molecule has 0 fully saturated rings. The number of Topliss-reactive ketones (excluding diaryl/α,β-unsaturated/α-hetero) is 2. The van der Waals surface area contributed by atoms with E-state index in [9.17, 15) is 9.59 Å². The Morgan fingerprint density at radius 2 is 1.31 bits per heavy atom. The number of rotatable bonds is 3. The summed E-state index contributed by atoms with van der Waals surface area (Å²) in [7, 11) is 1.08. The van der Waals surface area contributed by atoms with E-state index in [1.165, 1.54) is 14.2 Å². The van der Waals surface area contributed by atoms with Crippen LogP contribution in [0, 0.1) is 0 Å². The van der Waals surface area contributed by atoms with E-state index in [0.29, 0.717) is 0 Å². The van der Waals surface area contributed by atoms with Crippen LogP contribution >= 0.6 is 0 Å². The molecule has 0 aliphatic heterocycles. The minimum atomic E-state index is -1.63. The largest absolute Gasteiger partial charge is 0.489 e. The molecular formula is C11H16O4Si. The summed E-state index contributed by atoms with van der Waals surface area (Å²) in [6.45, 7) is 6.16. The van der Waals surface area contributed by atoms with Gasteiger partial charge in [0.05, 0.1) is 27.9 Å². The highest BCUT2D eigenvalue weighted by atomic mass is 28.3. The van der Waals surface area contributed by atoms with Crippen LogP contribution in [0.4, 0.5) is 0 Å².